The zero-order chi connectivity index (χ0) is 32.6. The van der Waals surface area contributed by atoms with Crippen molar-refractivity contribution in [2.45, 2.75) is 17.8 Å². The van der Waals surface area contributed by atoms with Crippen LogP contribution in [0, 0.1) is 0 Å². The van der Waals surface area contributed by atoms with Gasteiger partial charge in [0.05, 0.1) is 5.41 Å². The molecule has 0 nitrogen and oxygen atoms in total. The zero-order valence-electron chi connectivity index (χ0n) is 27.3. The highest BCUT2D eigenvalue weighted by molar-refractivity contribution is 5.89. The molecule has 0 heteroatoms. The molecule has 232 valence electrons. The average Bonchev–Trinajstić information content (AvgIpc) is 3.49. The van der Waals surface area contributed by atoms with Crippen LogP contribution in [0.4, 0.5) is 0 Å². The Balaban J connectivity index is 1.19. The van der Waals surface area contributed by atoms with E-state index in [9.17, 15) is 0 Å². The van der Waals surface area contributed by atoms with Gasteiger partial charge in [0, 0.05) is 5.92 Å². The van der Waals surface area contributed by atoms with Crippen LogP contribution in [-0.4, -0.2) is 0 Å². The van der Waals surface area contributed by atoms with E-state index in [2.05, 4.69) is 200 Å². The SMILES string of the molecule is C1=CC(c2ccc3c(c2)C(c2ccccc2)(c2ccccc2)c2cc(-c4ccc(-c5ccccc5)cc4)ccc2-3)CC=C1c1ccccc1. The Morgan fingerprint density at radius 2 is 0.878 bits per heavy atom. The third-order valence-corrected chi connectivity index (χ3v) is 10.5. The van der Waals surface area contributed by atoms with Crippen molar-refractivity contribution in [3.05, 3.63) is 234 Å². The summed E-state index contributed by atoms with van der Waals surface area (Å²) in [5.74, 6) is 0.324. The lowest BCUT2D eigenvalue weighted by molar-refractivity contribution is 0.762. The van der Waals surface area contributed by atoms with Crippen LogP contribution >= 0.6 is 0 Å². The Kier molecular flexibility index (Phi) is 7.29. The van der Waals surface area contributed by atoms with Gasteiger partial charge < -0.3 is 0 Å². The second kappa shape index (κ2) is 12.2. The van der Waals surface area contributed by atoms with Gasteiger partial charge in [-0.1, -0.05) is 194 Å². The van der Waals surface area contributed by atoms with Gasteiger partial charge in [0.25, 0.3) is 0 Å². The molecule has 0 radical (unpaired) electrons. The van der Waals surface area contributed by atoms with Gasteiger partial charge in [0.2, 0.25) is 0 Å². The third kappa shape index (κ3) is 5.00. The first-order chi connectivity index (χ1) is 24.3. The molecule has 1 unspecified atom stereocenters. The van der Waals surface area contributed by atoms with Crippen LogP contribution in [-0.2, 0) is 5.41 Å². The van der Waals surface area contributed by atoms with E-state index >= 15 is 0 Å². The molecule has 1 atom stereocenters. The molecule has 9 rings (SSSR count). The highest BCUT2D eigenvalue weighted by Gasteiger charge is 2.46. The van der Waals surface area contributed by atoms with Crippen molar-refractivity contribution >= 4 is 5.57 Å². The first-order valence-corrected chi connectivity index (χ1v) is 17.3. The molecule has 49 heavy (non-hydrogen) atoms. The second-order valence-corrected chi connectivity index (χ2v) is 13.2. The van der Waals surface area contributed by atoms with Crippen molar-refractivity contribution in [2.75, 3.05) is 0 Å². The van der Waals surface area contributed by atoms with E-state index < -0.39 is 5.41 Å². The minimum absolute atomic E-state index is 0.324. The first kappa shape index (κ1) is 29.2. The summed E-state index contributed by atoms with van der Waals surface area (Å²) in [7, 11) is 0. The summed E-state index contributed by atoms with van der Waals surface area (Å²) < 4.78 is 0. The number of hydrogen-bond donors (Lipinski definition) is 0. The van der Waals surface area contributed by atoms with Gasteiger partial charge in [-0.3, -0.25) is 0 Å². The molecule has 0 amide bonds. The number of rotatable bonds is 6. The van der Waals surface area contributed by atoms with E-state index in [0.717, 1.165) is 6.42 Å². The summed E-state index contributed by atoms with van der Waals surface area (Å²) in [6.07, 6.45) is 8.09. The summed E-state index contributed by atoms with van der Waals surface area (Å²) in [4.78, 5) is 0. The molecule has 2 aliphatic carbocycles. The lowest BCUT2D eigenvalue weighted by atomic mass is 9.67. The topological polar surface area (TPSA) is 0 Å². The third-order valence-electron chi connectivity index (χ3n) is 10.5. The van der Waals surface area contributed by atoms with Crippen LogP contribution in [0.5, 0.6) is 0 Å². The Labute approximate surface area is 289 Å². The molecule has 2 aliphatic rings. The van der Waals surface area contributed by atoms with E-state index in [-0.39, 0.29) is 0 Å². The van der Waals surface area contributed by atoms with Crippen molar-refractivity contribution in [3.63, 3.8) is 0 Å². The molecule has 0 aromatic heterocycles. The van der Waals surface area contributed by atoms with Crippen LogP contribution in [0.25, 0.3) is 39.0 Å². The molecular formula is C49H36. The predicted molar refractivity (Wildman–Crippen MR) is 206 cm³/mol. The van der Waals surface area contributed by atoms with Crippen molar-refractivity contribution < 1.29 is 0 Å². The van der Waals surface area contributed by atoms with Crippen LogP contribution in [0.3, 0.4) is 0 Å². The smallest absolute Gasteiger partial charge is 0.0713 e. The second-order valence-electron chi connectivity index (χ2n) is 13.2. The highest BCUT2D eigenvalue weighted by Crippen LogP contribution is 2.57. The summed E-state index contributed by atoms with van der Waals surface area (Å²) in [5, 5.41) is 0. The number of hydrogen-bond acceptors (Lipinski definition) is 0. The number of fused-ring (bicyclic) bond motifs is 3. The van der Waals surface area contributed by atoms with Gasteiger partial charge in [-0.2, -0.15) is 0 Å². The van der Waals surface area contributed by atoms with E-state index in [4.69, 9.17) is 0 Å². The van der Waals surface area contributed by atoms with Crippen LogP contribution in [0.1, 0.15) is 45.7 Å². The Bertz CT molecular complexity index is 2270. The Hall–Kier alpha value is -5.98. The fourth-order valence-electron chi connectivity index (χ4n) is 8.11. The van der Waals surface area contributed by atoms with Crippen molar-refractivity contribution in [1.29, 1.82) is 0 Å². The molecule has 0 bridgehead atoms. The molecule has 0 saturated heterocycles. The fourth-order valence-corrected chi connectivity index (χ4v) is 8.11. The van der Waals surface area contributed by atoms with Gasteiger partial charge in [-0.05, 0) is 84.8 Å². The minimum Gasteiger partial charge on any atom is -0.0761 e. The van der Waals surface area contributed by atoms with Crippen molar-refractivity contribution in [3.8, 4) is 33.4 Å². The summed E-state index contributed by atoms with van der Waals surface area (Å²) in [6, 6.07) is 67.0. The molecule has 0 saturated carbocycles. The molecular weight excluding hydrogens is 589 g/mol. The monoisotopic (exact) mass is 624 g/mol. The predicted octanol–water partition coefficient (Wildman–Crippen LogP) is 12.5. The van der Waals surface area contributed by atoms with E-state index in [0.29, 0.717) is 5.92 Å². The lowest BCUT2D eigenvalue weighted by Crippen LogP contribution is -2.28. The van der Waals surface area contributed by atoms with Gasteiger partial charge in [0.1, 0.15) is 0 Å². The molecule has 0 heterocycles. The summed E-state index contributed by atoms with van der Waals surface area (Å²) in [6.45, 7) is 0. The van der Waals surface area contributed by atoms with Crippen LogP contribution in [0.2, 0.25) is 0 Å². The fraction of sp³-hybridized carbons (Fsp3) is 0.0612. The normalized spacial score (nSPS) is 15.7. The van der Waals surface area contributed by atoms with E-state index in [1.54, 1.807) is 0 Å². The Morgan fingerprint density at radius 3 is 1.45 bits per heavy atom. The maximum Gasteiger partial charge on any atom is 0.0713 e. The van der Waals surface area contributed by atoms with Crippen LogP contribution < -0.4 is 0 Å². The van der Waals surface area contributed by atoms with Gasteiger partial charge >= 0.3 is 0 Å². The Morgan fingerprint density at radius 1 is 0.408 bits per heavy atom. The molecule has 0 spiro atoms. The number of benzene rings is 7. The van der Waals surface area contributed by atoms with Gasteiger partial charge in [-0.15, -0.1) is 0 Å². The van der Waals surface area contributed by atoms with E-state index in [1.807, 2.05) is 0 Å². The van der Waals surface area contributed by atoms with Crippen LogP contribution in [0.15, 0.2) is 200 Å². The maximum absolute atomic E-state index is 2.51. The first-order valence-electron chi connectivity index (χ1n) is 17.3. The molecule has 7 aromatic carbocycles. The lowest BCUT2D eigenvalue weighted by Gasteiger charge is -2.34. The maximum atomic E-state index is 2.51. The summed E-state index contributed by atoms with van der Waals surface area (Å²) in [5.41, 5.74) is 16.3. The largest absolute Gasteiger partial charge is 0.0761 e. The van der Waals surface area contributed by atoms with Gasteiger partial charge in [-0.25, -0.2) is 0 Å². The standard InChI is InChI=1S/C49H36/c1-5-13-35(14-6-1)37-21-25-39(26-22-37)41-29-31-45-46-32-30-42(40-27-23-38(24-28-40)36-15-7-2-8-16-36)34-48(46)49(47(45)33-41,43-17-9-3-10-18-43)44-19-11-4-12-20-44/h1-27,29-34,40H,28H2. The molecule has 0 N–H and O–H groups in total. The molecule has 0 aliphatic heterocycles. The molecule has 0 fully saturated rings. The minimum atomic E-state index is -0.452. The van der Waals surface area contributed by atoms with Crippen molar-refractivity contribution in [2.24, 2.45) is 0 Å². The van der Waals surface area contributed by atoms with E-state index in [1.165, 1.54) is 72.3 Å². The zero-order valence-corrected chi connectivity index (χ0v) is 27.3. The number of allylic oxidation sites excluding steroid dienone is 4. The van der Waals surface area contributed by atoms with Crippen molar-refractivity contribution in [1.82, 2.24) is 0 Å². The average molecular weight is 625 g/mol. The quantitative estimate of drug-likeness (QED) is 0.173. The summed E-state index contributed by atoms with van der Waals surface area (Å²) >= 11 is 0. The van der Waals surface area contributed by atoms with Gasteiger partial charge in [0.15, 0.2) is 0 Å². The molecule has 7 aromatic rings. The highest BCUT2D eigenvalue weighted by atomic mass is 14.5.